The molecule has 0 saturated carbocycles. The van der Waals surface area contributed by atoms with Crippen molar-refractivity contribution >= 4 is 69.2 Å². The number of rotatable bonds is 8. The summed E-state index contributed by atoms with van der Waals surface area (Å²) in [7, 11) is 0. The maximum Gasteiger partial charge on any atom is 0.199 e. The molecule has 10 nitrogen and oxygen atoms in total. The van der Waals surface area contributed by atoms with E-state index in [-0.39, 0.29) is 66.6 Å². The predicted molar refractivity (Wildman–Crippen MR) is 167 cm³/mol. The van der Waals surface area contributed by atoms with Crippen LogP contribution in [0.25, 0.3) is 0 Å². The molecule has 0 bridgehead atoms. The molecular formula is C31H25Cl2N7O3. The average Bonchev–Trinajstić information content (AvgIpc) is 2.97. The van der Waals surface area contributed by atoms with Gasteiger partial charge in [-0.05, 0) is 49.7 Å². The number of nitrogens with two attached hydrogens (primary N) is 1. The van der Waals surface area contributed by atoms with Crippen molar-refractivity contribution in [1.82, 2.24) is 4.98 Å². The van der Waals surface area contributed by atoms with Crippen LogP contribution in [0.15, 0.2) is 58.8 Å². The van der Waals surface area contributed by atoms with E-state index in [1.807, 2.05) is 30.3 Å². The Morgan fingerprint density at radius 2 is 1.67 bits per heavy atom. The number of phenols is 1. The molecule has 1 aliphatic rings. The molecule has 3 aromatic carbocycles. The molecule has 0 amide bonds. The van der Waals surface area contributed by atoms with Crippen LogP contribution in [0.3, 0.4) is 0 Å². The van der Waals surface area contributed by atoms with Gasteiger partial charge in [-0.3, -0.25) is 9.59 Å². The zero-order chi connectivity index (χ0) is 30.8. The minimum atomic E-state index is -0.645. The van der Waals surface area contributed by atoms with Crippen molar-refractivity contribution in [2.45, 2.75) is 26.7 Å². The van der Waals surface area contributed by atoms with Gasteiger partial charge in [-0.2, -0.15) is 5.26 Å². The zero-order valence-corrected chi connectivity index (χ0v) is 24.6. The first-order valence-corrected chi connectivity index (χ1v) is 14.1. The first-order valence-electron chi connectivity index (χ1n) is 13.3. The second-order valence-electron chi connectivity index (χ2n) is 9.79. The molecule has 0 fully saturated rings. The lowest BCUT2D eigenvalue weighted by molar-refractivity contribution is 0.0977. The van der Waals surface area contributed by atoms with Crippen LogP contribution in [-0.4, -0.2) is 28.2 Å². The summed E-state index contributed by atoms with van der Waals surface area (Å²) in [5.74, 6) is -1.38. The van der Waals surface area contributed by atoms with E-state index in [1.54, 1.807) is 6.92 Å². The molecule has 0 radical (unpaired) electrons. The third-order valence-electron chi connectivity index (χ3n) is 6.99. The maximum absolute atomic E-state index is 13.6. The normalized spacial score (nSPS) is 12.2. The zero-order valence-electron chi connectivity index (χ0n) is 23.1. The number of aromatic nitrogens is 1. The minimum Gasteiger partial charge on any atom is -0.507 e. The Hall–Kier alpha value is -4.98. The third-order valence-corrected chi connectivity index (χ3v) is 7.57. The number of fused-ring (bicyclic) bond motifs is 2. The number of anilines is 4. The van der Waals surface area contributed by atoms with Gasteiger partial charge < -0.3 is 21.5 Å². The number of ketones is 2. The molecule has 12 heteroatoms. The number of azo groups is 1. The number of phenolic OH excluding ortho intramolecular Hbond substituents is 1. The highest BCUT2D eigenvalue weighted by Crippen LogP contribution is 2.45. The molecule has 5 rings (SSSR count). The van der Waals surface area contributed by atoms with Crippen LogP contribution in [0.2, 0.25) is 10.0 Å². The van der Waals surface area contributed by atoms with E-state index >= 15 is 0 Å². The van der Waals surface area contributed by atoms with Crippen molar-refractivity contribution in [3.63, 3.8) is 0 Å². The highest BCUT2D eigenvalue weighted by atomic mass is 35.5. The molecule has 5 N–H and O–H groups in total. The van der Waals surface area contributed by atoms with Gasteiger partial charge in [0.25, 0.3) is 0 Å². The number of aromatic hydroxyl groups is 1. The molecule has 0 unspecified atom stereocenters. The number of unbranched alkanes of at least 4 members (excludes halogenated alkanes) is 1. The molecule has 43 heavy (non-hydrogen) atoms. The lowest BCUT2D eigenvalue weighted by Crippen LogP contribution is -2.21. The number of carbonyl (C=O) groups is 2. The van der Waals surface area contributed by atoms with Gasteiger partial charge in [0.05, 0.1) is 32.3 Å². The number of nitrogens with zero attached hydrogens (tertiary/aromatic N) is 4. The van der Waals surface area contributed by atoms with Gasteiger partial charge in [0.2, 0.25) is 0 Å². The number of nitrogens with one attached hydrogen (secondary N) is 2. The van der Waals surface area contributed by atoms with Gasteiger partial charge in [-0.1, -0.05) is 48.7 Å². The van der Waals surface area contributed by atoms with Crippen LogP contribution in [-0.2, 0) is 0 Å². The lowest BCUT2D eigenvalue weighted by atomic mass is 9.82. The molecule has 0 atom stereocenters. The Morgan fingerprint density at radius 1 is 0.977 bits per heavy atom. The number of hydrogen-bond donors (Lipinski definition) is 4. The molecule has 4 aromatic rings. The number of hydrogen-bond acceptors (Lipinski definition) is 10. The third kappa shape index (κ3) is 5.48. The monoisotopic (exact) mass is 613 g/mol. The quantitative estimate of drug-likeness (QED) is 0.101. The predicted octanol–water partition coefficient (Wildman–Crippen LogP) is 8.00. The molecule has 0 aliphatic heterocycles. The van der Waals surface area contributed by atoms with Crippen LogP contribution < -0.4 is 16.4 Å². The van der Waals surface area contributed by atoms with Crippen molar-refractivity contribution < 1.29 is 14.7 Å². The fourth-order valence-corrected chi connectivity index (χ4v) is 5.35. The summed E-state index contributed by atoms with van der Waals surface area (Å²) in [6.45, 7) is 4.63. The van der Waals surface area contributed by atoms with Gasteiger partial charge in [-0.15, -0.1) is 10.2 Å². The Morgan fingerprint density at radius 3 is 2.37 bits per heavy atom. The first kappa shape index (κ1) is 29.5. The van der Waals surface area contributed by atoms with Crippen molar-refractivity contribution in [1.29, 1.82) is 5.26 Å². The molecular weight excluding hydrogens is 589 g/mol. The van der Waals surface area contributed by atoms with Crippen LogP contribution in [0.4, 0.5) is 34.4 Å². The number of pyridine rings is 1. The number of benzene rings is 3. The summed E-state index contributed by atoms with van der Waals surface area (Å²) >= 11 is 12.9. The minimum absolute atomic E-state index is 0.00148. The van der Waals surface area contributed by atoms with Crippen LogP contribution in [0.1, 0.15) is 62.7 Å². The topological polar surface area (TPSA) is 166 Å². The van der Waals surface area contributed by atoms with E-state index in [1.165, 1.54) is 24.3 Å². The number of nitriles is 1. The van der Waals surface area contributed by atoms with E-state index in [0.29, 0.717) is 11.3 Å². The van der Waals surface area contributed by atoms with Gasteiger partial charge in [0.15, 0.2) is 17.4 Å². The summed E-state index contributed by atoms with van der Waals surface area (Å²) in [5, 5.41) is 35.1. The van der Waals surface area contributed by atoms with Gasteiger partial charge >= 0.3 is 0 Å². The number of halogens is 2. The molecule has 1 aliphatic carbocycles. The molecule has 0 saturated heterocycles. The Bertz CT molecular complexity index is 1870. The molecule has 0 spiro atoms. The Labute approximate surface area is 257 Å². The van der Waals surface area contributed by atoms with E-state index in [4.69, 9.17) is 28.9 Å². The second-order valence-corrected chi connectivity index (χ2v) is 10.6. The van der Waals surface area contributed by atoms with Crippen molar-refractivity contribution in [3.8, 4) is 11.8 Å². The van der Waals surface area contributed by atoms with Crippen molar-refractivity contribution in [2.24, 2.45) is 10.2 Å². The van der Waals surface area contributed by atoms with E-state index in [2.05, 4.69) is 32.8 Å². The lowest BCUT2D eigenvalue weighted by Gasteiger charge is -2.21. The van der Waals surface area contributed by atoms with Gasteiger partial charge in [0.1, 0.15) is 29.0 Å². The van der Waals surface area contributed by atoms with Gasteiger partial charge in [-0.25, -0.2) is 4.98 Å². The summed E-state index contributed by atoms with van der Waals surface area (Å²) in [4.78, 5) is 31.3. The van der Waals surface area contributed by atoms with Crippen molar-refractivity contribution in [2.75, 3.05) is 22.9 Å². The SMILES string of the molecule is CCCCNc1ccc(Nc2nc(N)c(C#N)c(C)c2N=Nc2c(Cl)cc(Cl)c3c2C(=O)c2cccc(O)c2C3=O)cc1. The first-order chi connectivity index (χ1) is 20.7. The maximum atomic E-state index is 13.6. The smallest absolute Gasteiger partial charge is 0.199 e. The van der Waals surface area contributed by atoms with Crippen molar-refractivity contribution in [3.05, 3.63) is 92.0 Å². The average molecular weight is 614 g/mol. The van der Waals surface area contributed by atoms with Crippen LogP contribution in [0, 0.1) is 18.3 Å². The van der Waals surface area contributed by atoms with Crippen LogP contribution >= 0.6 is 23.2 Å². The highest BCUT2D eigenvalue weighted by molar-refractivity contribution is 6.43. The van der Waals surface area contributed by atoms with Crippen LogP contribution in [0.5, 0.6) is 5.75 Å². The summed E-state index contributed by atoms with van der Waals surface area (Å²) in [5.41, 5.74) is 7.82. The molecule has 1 heterocycles. The molecule has 216 valence electrons. The Kier molecular flexibility index (Phi) is 8.30. The summed E-state index contributed by atoms with van der Waals surface area (Å²) < 4.78 is 0. The highest BCUT2D eigenvalue weighted by Gasteiger charge is 2.37. The summed E-state index contributed by atoms with van der Waals surface area (Å²) in [6.07, 6.45) is 2.14. The summed E-state index contributed by atoms with van der Waals surface area (Å²) in [6, 6.07) is 15.0. The second kappa shape index (κ2) is 12.1. The molecule has 1 aromatic heterocycles. The fraction of sp³-hybridized carbons (Fsp3) is 0.161. The largest absolute Gasteiger partial charge is 0.507 e. The standard InChI is InChI=1S/C31H25Cl2N7O3/c1-3-4-12-36-16-8-10-17(11-9-16)37-31-26(15(2)19(14-34)30(35)38-31)39-40-27-21(33)13-20(32)24-25(27)28(42)18-6-5-7-22(41)23(18)29(24)43/h5-11,13,36,41H,3-4,12H2,1-2H3,(H3,35,37,38). The van der Waals surface area contributed by atoms with E-state index in [9.17, 15) is 20.0 Å². The fourth-order valence-electron chi connectivity index (χ4n) is 4.76. The van der Waals surface area contributed by atoms with E-state index < -0.39 is 11.6 Å². The number of carbonyl (C=O) groups excluding carboxylic acids is 2. The van der Waals surface area contributed by atoms with E-state index in [0.717, 1.165) is 25.1 Å². The Balaban J connectivity index is 1.59. The number of nitrogen functional groups attached to an aromatic ring is 1. The van der Waals surface area contributed by atoms with Gasteiger partial charge in [0, 0.05) is 29.0 Å².